The van der Waals surface area contributed by atoms with E-state index in [-0.39, 0.29) is 12.2 Å². The number of nitrogens with one attached hydrogen (secondary N) is 2. The standard InChI is InChI=1S/C25H25N3O4S2/c29-23(18-8-3-1-4-9-18)27-21(24(30)26-17-20-10-7-15-31-20)16-19-11-12-22(32-19)34-25(33)28-13-5-2-6-14-28/h1,3-4,7-12,15-16H,2,5-6,13-14,17H2,(H,26,30)(H,27,29)/b21-16-. The fourth-order valence-electron chi connectivity index (χ4n) is 3.45. The minimum atomic E-state index is -0.463. The van der Waals surface area contributed by atoms with E-state index in [1.54, 1.807) is 42.5 Å². The molecule has 2 aromatic heterocycles. The summed E-state index contributed by atoms with van der Waals surface area (Å²) < 4.78 is 11.9. The van der Waals surface area contributed by atoms with Crippen LogP contribution in [0.1, 0.15) is 41.1 Å². The van der Waals surface area contributed by atoms with E-state index in [9.17, 15) is 9.59 Å². The van der Waals surface area contributed by atoms with Gasteiger partial charge in [-0.25, -0.2) is 0 Å². The van der Waals surface area contributed by atoms with Crippen molar-refractivity contribution in [2.45, 2.75) is 30.9 Å². The maximum atomic E-state index is 12.9. The van der Waals surface area contributed by atoms with Crippen LogP contribution in [0, 0.1) is 0 Å². The molecule has 7 nitrogen and oxygen atoms in total. The molecule has 0 atom stereocenters. The number of furan rings is 2. The second-order valence-corrected chi connectivity index (χ2v) is 9.35. The van der Waals surface area contributed by atoms with Crippen molar-refractivity contribution in [3.8, 4) is 0 Å². The molecule has 1 fully saturated rings. The third-order valence-electron chi connectivity index (χ3n) is 5.22. The van der Waals surface area contributed by atoms with Crippen LogP contribution < -0.4 is 10.6 Å². The molecule has 0 spiro atoms. The van der Waals surface area contributed by atoms with Crippen LogP contribution in [0.3, 0.4) is 0 Å². The van der Waals surface area contributed by atoms with Gasteiger partial charge in [0, 0.05) is 24.7 Å². The molecule has 0 aliphatic carbocycles. The zero-order valence-corrected chi connectivity index (χ0v) is 20.1. The quantitative estimate of drug-likeness (QED) is 0.276. The van der Waals surface area contributed by atoms with Crippen LogP contribution in [-0.4, -0.2) is 34.1 Å². The summed E-state index contributed by atoms with van der Waals surface area (Å²) in [5.41, 5.74) is 0.500. The molecule has 34 heavy (non-hydrogen) atoms. The highest BCUT2D eigenvalue weighted by Crippen LogP contribution is 2.26. The summed E-state index contributed by atoms with van der Waals surface area (Å²) in [6.45, 7) is 2.11. The van der Waals surface area contributed by atoms with Gasteiger partial charge in [-0.1, -0.05) is 30.4 Å². The molecule has 1 aliphatic rings. The van der Waals surface area contributed by atoms with Crippen LogP contribution >= 0.6 is 24.0 Å². The van der Waals surface area contributed by atoms with Gasteiger partial charge in [-0.15, -0.1) is 0 Å². The predicted molar refractivity (Wildman–Crippen MR) is 135 cm³/mol. The van der Waals surface area contributed by atoms with E-state index in [0.717, 1.165) is 30.3 Å². The van der Waals surface area contributed by atoms with Crippen molar-refractivity contribution in [3.05, 3.63) is 83.6 Å². The van der Waals surface area contributed by atoms with Crippen LogP contribution in [0.15, 0.2) is 80.5 Å². The Morgan fingerprint density at radius 1 is 1.03 bits per heavy atom. The van der Waals surface area contributed by atoms with Crippen molar-refractivity contribution in [1.82, 2.24) is 15.5 Å². The Labute approximate surface area is 207 Å². The van der Waals surface area contributed by atoms with Gasteiger partial charge in [0.2, 0.25) is 0 Å². The van der Waals surface area contributed by atoms with Gasteiger partial charge in [0.1, 0.15) is 21.5 Å². The van der Waals surface area contributed by atoms with E-state index >= 15 is 0 Å². The molecular weight excluding hydrogens is 470 g/mol. The second-order valence-electron chi connectivity index (χ2n) is 7.71. The number of rotatable bonds is 7. The van der Waals surface area contributed by atoms with E-state index in [1.165, 1.54) is 30.5 Å². The number of benzene rings is 1. The smallest absolute Gasteiger partial charge is 0.268 e. The lowest BCUT2D eigenvalue weighted by Crippen LogP contribution is -2.34. The molecule has 4 rings (SSSR count). The Balaban J connectivity index is 1.48. The van der Waals surface area contributed by atoms with Crippen LogP contribution in [0.4, 0.5) is 0 Å². The fraction of sp³-hybridized carbons (Fsp3) is 0.240. The number of carbonyl (C=O) groups is 2. The number of amides is 2. The Morgan fingerprint density at radius 3 is 2.56 bits per heavy atom. The average molecular weight is 496 g/mol. The van der Waals surface area contributed by atoms with Gasteiger partial charge in [0.05, 0.1) is 12.8 Å². The van der Waals surface area contributed by atoms with Crippen molar-refractivity contribution in [1.29, 1.82) is 0 Å². The molecule has 0 saturated carbocycles. The first-order valence-electron chi connectivity index (χ1n) is 11.0. The molecule has 1 aliphatic heterocycles. The number of hydrogen-bond donors (Lipinski definition) is 2. The van der Waals surface area contributed by atoms with E-state index in [1.807, 2.05) is 12.1 Å². The number of piperidine rings is 1. The van der Waals surface area contributed by atoms with Crippen LogP contribution in [-0.2, 0) is 11.3 Å². The van der Waals surface area contributed by atoms with Gasteiger partial charge >= 0.3 is 0 Å². The summed E-state index contributed by atoms with van der Waals surface area (Å²) >= 11 is 6.95. The summed E-state index contributed by atoms with van der Waals surface area (Å²) in [6, 6.07) is 15.7. The SMILES string of the molecule is O=C(NCc1ccco1)/C(=C/c1ccc(SC(=S)N2CCCCC2)o1)NC(=O)c1ccccc1. The Morgan fingerprint density at radius 2 is 1.82 bits per heavy atom. The third-order valence-corrected chi connectivity index (χ3v) is 6.58. The molecule has 0 bridgehead atoms. The highest BCUT2D eigenvalue weighted by atomic mass is 32.2. The van der Waals surface area contributed by atoms with E-state index < -0.39 is 11.8 Å². The number of hydrogen-bond acceptors (Lipinski definition) is 6. The Kier molecular flexibility index (Phi) is 8.21. The van der Waals surface area contributed by atoms with Gasteiger partial charge in [0.15, 0.2) is 5.09 Å². The number of likely N-dealkylation sites (tertiary alicyclic amines) is 1. The normalized spacial score (nSPS) is 14.0. The highest BCUT2D eigenvalue weighted by molar-refractivity contribution is 8.22. The monoisotopic (exact) mass is 495 g/mol. The highest BCUT2D eigenvalue weighted by Gasteiger charge is 2.18. The van der Waals surface area contributed by atoms with Crippen molar-refractivity contribution >= 4 is 46.2 Å². The van der Waals surface area contributed by atoms with Gasteiger partial charge in [-0.3, -0.25) is 9.59 Å². The molecular formula is C25H25N3O4S2. The minimum Gasteiger partial charge on any atom is -0.467 e. The molecule has 2 amide bonds. The Bertz CT molecular complexity index is 1150. The Hall–Kier alpha value is -3.30. The molecule has 0 unspecified atom stereocenters. The maximum Gasteiger partial charge on any atom is 0.268 e. The van der Waals surface area contributed by atoms with E-state index in [2.05, 4.69) is 15.5 Å². The van der Waals surface area contributed by atoms with Gasteiger partial charge in [-0.2, -0.15) is 0 Å². The zero-order valence-electron chi connectivity index (χ0n) is 18.5. The molecule has 2 N–H and O–H groups in total. The van der Waals surface area contributed by atoms with Crippen LogP contribution in [0.25, 0.3) is 6.08 Å². The number of thioether (sulfide) groups is 1. The largest absolute Gasteiger partial charge is 0.467 e. The lowest BCUT2D eigenvalue weighted by atomic mass is 10.1. The average Bonchev–Trinajstić information content (AvgIpc) is 3.55. The number of thiocarbonyl (C=S) groups is 1. The molecule has 3 heterocycles. The van der Waals surface area contributed by atoms with Crippen LogP contribution in [0.2, 0.25) is 0 Å². The molecule has 1 saturated heterocycles. The molecule has 9 heteroatoms. The first-order valence-corrected chi connectivity index (χ1v) is 12.3. The van der Waals surface area contributed by atoms with Crippen molar-refractivity contribution in [3.63, 3.8) is 0 Å². The summed E-state index contributed by atoms with van der Waals surface area (Å²) in [7, 11) is 0. The van der Waals surface area contributed by atoms with Crippen molar-refractivity contribution < 1.29 is 18.4 Å². The number of nitrogens with zero attached hydrogens (tertiary/aromatic N) is 1. The molecule has 1 aromatic carbocycles. The van der Waals surface area contributed by atoms with Gasteiger partial charge in [0.25, 0.3) is 11.8 Å². The predicted octanol–water partition coefficient (Wildman–Crippen LogP) is 4.82. The minimum absolute atomic E-state index is 0.0601. The van der Waals surface area contributed by atoms with E-state index in [0.29, 0.717) is 22.2 Å². The molecule has 176 valence electrons. The van der Waals surface area contributed by atoms with Crippen LogP contribution in [0.5, 0.6) is 0 Å². The summed E-state index contributed by atoms with van der Waals surface area (Å²) in [5.74, 6) is 0.174. The third kappa shape index (κ3) is 6.61. The summed E-state index contributed by atoms with van der Waals surface area (Å²) in [4.78, 5) is 27.8. The zero-order chi connectivity index (χ0) is 23.8. The maximum absolute atomic E-state index is 12.9. The summed E-state index contributed by atoms with van der Waals surface area (Å²) in [6.07, 6.45) is 6.56. The van der Waals surface area contributed by atoms with Gasteiger partial charge < -0.3 is 24.4 Å². The first kappa shape index (κ1) is 23.8. The van der Waals surface area contributed by atoms with Crippen molar-refractivity contribution in [2.75, 3.05) is 13.1 Å². The lowest BCUT2D eigenvalue weighted by Gasteiger charge is -2.27. The first-order chi connectivity index (χ1) is 16.6. The topological polar surface area (TPSA) is 87.7 Å². The lowest BCUT2D eigenvalue weighted by molar-refractivity contribution is -0.118. The fourth-order valence-corrected chi connectivity index (χ4v) is 4.64. The molecule has 0 radical (unpaired) electrons. The second kappa shape index (κ2) is 11.7. The summed E-state index contributed by atoms with van der Waals surface area (Å²) in [5, 5.41) is 6.08. The van der Waals surface area contributed by atoms with E-state index in [4.69, 9.17) is 21.1 Å². The van der Waals surface area contributed by atoms with Crippen molar-refractivity contribution in [2.24, 2.45) is 0 Å². The number of carbonyl (C=O) groups excluding carboxylic acids is 2. The molecule has 3 aromatic rings. The van der Waals surface area contributed by atoms with Gasteiger partial charge in [-0.05, 0) is 67.4 Å².